The van der Waals surface area contributed by atoms with Gasteiger partial charge in [0.2, 0.25) is 11.0 Å². The van der Waals surface area contributed by atoms with Gasteiger partial charge in [-0.3, -0.25) is 19.9 Å². The number of nitrogens with one attached hydrogen (secondary N) is 2. The number of hydrogen-bond donors (Lipinski definition) is 2. The lowest BCUT2D eigenvalue weighted by Crippen LogP contribution is -2.17. The molecule has 0 fully saturated rings. The number of thioether (sulfide) groups is 1. The summed E-state index contributed by atoms with van der Waals surface area (Å²) in [6.45, 7) is 5.58. The summed E-state index contributed by atoms with van der Waals surface area (Å²) in [7, 11) is 0. The minimum atomic E-state index is -0.307. The highest BCUT2D eigenvalue weighted by Crippen LogP contribution is 2.22. The molecule has 0 aliphatic carbocycles. The van der Waals surface area contributed by atoms with Gasteiger partial charge in [-0.05, 0) is 6.92 Å². The monoisotopic (exact) mass is 326 g/mol. The molecule has 21 heavy (non-hydrogen) atoms. The summed E-state index contributed by atoms with van der Waals surface area (Å²) in [6.07, 6.45) is 0. The largest absolute Gasteiger partial charge is 0.300 e. The summed E-state index contributed by atoms with van der Waals surface area (Å²) in [5.41, 5.74) is -0.0162. The molecule has 112 valence electrons. The van der Waals surface area contributed by atoms with Gasteiger partial charge in [0.15, 0.2) is 5.16 Å². The first-order valence-electron chi connectivity index (χ1n) is 6.15. The Hall–Kier alpha value is -1.81. The maximum Gasteiger partial charge on any atom is 0.273 e. The van der Waals surface area contributed by atoms with Gasteiger partial charge < -0.3 is 0 Å². The second-order valence-corrected chi connectivity index (χ2v) is 6.45. The van der Waals surface area contributed by atoms with Crippen LogP contribution in [0.5, 0.6) is 0 Å². The van der Waals surface area contributed by atoms with Crippen molar-refractivity contribution in [3.8, 4) is 0 Å². The molecule has 0 saturated carbocycles. The number of nitrogens with zero attached hydrogens (tertiary/aromatic N) is 4. The molecule has 0 bridgehead atoms. The normalized spacial score (nSPS) is 10.9. The first kappa shape index (κ1) is 15.6. The Balaban J connectivity index is 1.89. The van der Waals surface area contributed by atoms with Crippen molar-refractivity contribution in [2.24, 2.45) is 0 Å². The molecule has 0 aromatic carbocycles. The van der Waals surface area contributed by atoms with Crippen LogP contribution in [0.3, 0.4) is 0 Å². The lowest BCUT2D eigenvalue weighted by Gasteiger charge is -2.00. The number of aryl methyl sites for hydroxylation is 1. The fourth-order valence-corrected chi connectivity index (χ4v) is 2.62. The lowest BCUT2D eigenvalue weighted by molar-refractivity contribution is -0.113. The van der Waals surface area contributed by atoms with E-state index in [9.17, 15) is 9.59 Å². The number of aromatic amines is 1. The third kappa shape index (κ3) is 4.33. The fraction of sp³-hybridized carbons (Fsp3) is 0.455. The quantitative estimate of drug-likeness (QED) is 0.793. The molecule has 0 radical (unpaired) electrons. The number of rotatable bonds is 5. The van der Waals surface area contributed by atoms with Gasteiger partial charge in [0.25, 0.3) is 5.56 Å². The van der Waals surface area contributed by atoms with Crippen molar-refractivity contribution in [1.29, 1.82) is 0 Å². The van der Waals surface area contributed by atoms with Gasteiger partial charge in [0.1, 0.15) is 10.7 Å². The van der Waals surface area contributed by atoms with Crippen molar-refractivity contribution in [2.75, 3.05) is 11.1 Å². The molecule has 0 aliphatic rings. The van der Waals surface area contributed by atoms with E-state index >= 15 is 0 Å². The van der Waals surface area contributed by atoms with E-state index in [1.54, 1.807) is 6.92 Å². The second kappa shape index (κ2) is 6.76. The van der Waals surface area contributed by atoms with Crippen molar-refractivity contribution in [2.45, 2.75) is 31.8 Å². The highest BCUT2D eigenvalue weighted by Gasteiger charge is 2.11. The van der Waals surface area contributed by atoms with Crippen LogP contribution in [0.15, 0.2) is 9.95 Å². The number of carbonyl (C=O) groups is 1. The zero-order chi connectivity index (χ0) is 15.4. The van der Waals surface area contributed by atoms with Gasteiger partial charge in [-0.1, -0.05) is 36.9 Å². The van der Waals surface area contributed by atoms with Crippen molar-refractivity contribution in [1.82, 2.24) is 25.4 Å². The van der Waals surface area contributed by atoms with Crippen LogP contribution < -0.4 is 10.9 Å². The first-order valence-corrected chi connectivity index (χ1v) is 7.95. The van der Waals surface area contributed by atoms with Crippen LogP contribution in [-0.2, 0) is 4.79 Å². The molecule has 2 heterocycles. The zero-order valence-corrected chi connectivity index (χ0v) is 13.3. The Morgan fingerprint density at radius 2 is 2.10 bits per heavy atom. The molecule has 2 aromatic rings. The van der Waals surface area contributed by atoms with Gasteiger partial charge in [-0.15, -0.1) is 20.4 Å². The van der Waals surface area contributed by atoms with Crippen molar-refractivity contribution >= 4 is 34.1 Å². The Labute approximate surface area is 128 Å². The molecule has 10 heteroatoms. The number of aromatic nitrogens is 5. The summed E-state index contributed by atoms with van der Waals surface area (Å²) >= 11 is 2.45. The lowest BCUT2D eigenvalue weighted by atomic mass is 10.2. The molecule has 1 amide bonds. The van der Waals surface area contributed by atoms with Gasteiger partial charge in [-0.2, -0.15) is 0 Å². The summed E-state index contributed by atoms with van der Waals surface area (Å²) in [6, 6.07) is 0. The van der Waals surface area contributed by atoms with E-state index in [1.165, 1.54) is 11.3 Å². The first-order chi connectivity index (χ1) is 9.95. The Bertz CT molecular complexity index is 696. The fourth-order valence-electron chi connectivity index (χ4n) is 1.25. The van der Waals surface area contributed by atoms with E-state index in [1.807, 2.05) is 13.8 Å². The molecule has 0 spiro atoms. The standard InChI is InChI=1S/C11H14N6O2S2/c1-5(2)9-15-17-11(21-9)12-7(18)4-20-10-13-8(19)6(3)14-16-10/h5H,4H2,1-3H3,(H,12,17,18)(H,13,16,19). The SMILES string of the molecule is Cc1nnc(SCC(=O)Nc2nnc(C(C)C)s2)[nH]c1=O. The van der Waals surface area contributed by atoms with Gasteiger partial charge in [0, 0.05) is 5.92 Å². The van der Waals surface area contributed by atoms with E-state index in [-0.39, 0.29) is 23.1 Å². The zero-order valence-electron chi connectivity index (χ0n) is 11.7. The Morgan fingerprint density at radius 3 is 2.71 bits per heavy atom. The number of carbonyl (C=O) groups excluding carboxylic acids is 1. The van der Waals surface area contributed by atoms with E-state index in [2.05, 4.69) is 30.7 Å². The van der Waals surface area contributed by atoms with Crippen LogP contribution in [0.25, 0.3) is 0 Å². The van der Waals surface area contributed by atoms with Crippen molar-refractivity contribution < 1.29 is 4.79 Å². The molecular formula is C11H14N6O2S2. The van der Waals surface area contributed by atoms with E-state index in [0.717, 1.165) is 16.8 Å². The topological polar surface area (TPSA) is 114 Å². The molecule has 0 saturated heterocycles. The molecule has 2 N–H and O–H groups in total. The second-order valence-electron chi connectivity index (χ2n) is 4.48. The molecular weight excluding hydrogens is 312 g/mol. The van der Waals surface area contributed by atoms with Crippen LogP contribution in [0, 0.1) is 6.92 Å². The Morgan fingerprint density at radius 1 is 1.33 bits per heavy atom. The van der Waals surface area contributed by atoms with Gasteiger partial charge >= 0.3 is 0 Å². The summed E-state index contributed by atoms with van der Waals surface area (Å²) < 4.78 is 0. The number of H-pyrrole nitrogens is 1. The van der Waals surface area contributed by atoms with Crippen molar-refractivity contribution in [3.05, 3.63) is 21.1 Å². The van der Waals surface area contributed by atoms with Gasteiger partial charge in [0.05, 0.1) is 5.75 Å². The van der Waals surface area contributed by atoms with Crippen LogP contribution in [0.1, 0.15) is 30.5 Å². The average molecular weight is 326 g/mol. The maximum atomic E-state index is 11.8. The molecule has 2 rings (SSSR count). The van der Waals surface area contributed by atoms with Gasteiger partial charge in [-0.25, -0.2) is 0 Å². The highest BCUT2D eigenvalue weighted by atomic mass is 32.2. The molecule has 0 aliphatic heterocycles. The molecule has 2 aromatic heterocycles. The Kier molecular flexibility index (Phi) is 5.02. The van der Waals surface area contributed by atoms with E-state index in [4.69, 9.17) is 0 Å². The van der Waals surface area contributed by atoms with Crippen LogP contribution in [-0.4, -0.2) is 37.0 Å². The summed E-state index contributed by atoms with van der Waals surface area (Å²) in [5.74, 6) is 0.134. The average Bonchev–Trinajstić information content (AvgIpc) is 2.89. The van der Waals surface area contributed by atoms with Crippen LogP contribution in [0.2, 0.25) is 0 Å². The number of hydrogen-bond acceptors (Lipinski definition) is 8. The predicted octanol–water partition coefficient (Wildman–Crippen LogP) is 1.18. The summed E-state index contributed by atoms with van der Waals surface area (Å²) in [4.78, 5) is 25.7. The molecule has 8 nitrogen and oxygen atoms in total. The minimum Gasteiger partial charge on any atom is -0.300 e. The third-order valence-electron chi connectivity index (χ3n) is 2.36. The maximum absolute atomic E-state index is 11.8. The third-order valence-corrected chi connectivity index (χ3v) is 4.36. The number of amides is 1. The summed E-state index contributed by atoms with van der Waals surface area (Å²) in [5, 5.41) is 19.7. The molecule has 0 unspecified atom stereocenters. The number of anilines is 1. The highest BCUT2D eigenvalue weighted by molar-refractivity contribution is 7.99. The smallest absolute Gasteiger partial charge is 0.273 e. The van der Waals surface area contributed by atoms with Crippen LogP contribution in [0.4, 0.5) is 5.13 Å². The molecule has 0 atom stereocenters. The van der Waals surface area contributed by atoms with Crippen LogP contribution >= 0.6 is 23.1 Å². The van der Waals surface area contributed by atoms with E-state index in [0.29, 0.717) is 16.0 Å². The van der Waals surface area contributed by atoms with E-state index < -0.39 is 0 Å². The minimum absolute atomic E-state index is 0.101. The predicted molar refractivity (Wildman–Crippen MR) is 80.7 cm³/mol. The van der Waals surface area contributed by atoms with Crippen molar-refractivity contribution in [3.63, 3.8) is 0 Å².